The molecule has 3 rings (SSSR count). The molecule has 2 heterocycles. The molecule has 1 N–H and O–H groups in total. The van der Waals surface area contributed by atoms with E-state index in [0.717, 1.165) is 10.9 Å². The van der Waals surface area contributed by atoms with Crippen molar-refractivity contribution in [3.8, 4) is 5.75 Å². The number of hydrogen-bond acceptors (Lipinski definition) is 4. The van der Waals surface area contributed by atoms with Gasteiger partial charge in [-0.25, -0.2) is 0 Å². The van der Waals surface area contributed by atoms with Gasteiger partial charge in [0.05, 0.1) is 11.6 Å². The third-order valence-corrected chi connectivity index (χ3v) is 3.78. The standard InChI is InChI=1S/C16H18N2O3/c19-12-6-9-18(10-7-12)16(20)11-21-15-5-8-17-14-4-2-1-3-13(14)15/h1-5,8,12,19H,6-7,9-11H2. The lowest BCUT2D eigenvalue weighted by Crippen LogP contribution is -2.42. The largest absolute Gasteiger partial charge is 0.483 e. The van der Waals surface area contributed by atoms with Gasteiger partial charge in [-0.05, 0) is 31.0 Å². The second kappa shape index (κ2) is 6.10. The van der Waals surface area contributed by atoms with Crippen molar-refractivity contribution in [2.75, 3.05) is 19.7 Å². The van der Waals surface area contributed by atoms with Crippen LogP contribution >= 0.6 is 0 Å². The summed E-state index contributed by atoms with van der Waals surface area (Å²) in [5.74, 6) is 0.633. The fourth-order valence-electron chi connectivity index (χ4n) is 2.54. The summed E-state index contributed by atoms with van der Waals surface area (Å²) in [7, 11) is 0. The number of fused-ring (bicyclic) bond motifs is 1. The van der Waals surface area contributed by atoms with Crippen LogP contribution < -0.4 is 4.74 Å². The lowest BCUT2D eigenvalue weighted by Gasteiger charge is -2.29. The maximum atomic E-state index is 12.1. The van der Waals surface area contributed by atoms with Gasteiger partial charge in [0.2, 0.25) is 0 Å². The Balaban J connectivity index is 1.65. The summed E-state index contributed by atoms with van der Waals surface area (Å²) in [4.78, 5) is 18.1. The number of rotatable bonds is 3. The molecule has 1 aliphatic rings. The normalized spacial score (nSPS) is 16.1. The summed E-state index contributed by atoms with van der Waals surface area (Å²) >= 11 is 0. The van der Waals surface area contributed by atoms with Crippen LogP contribution in [0.2, 0.25) is 0 Å². The van der Waals surface area contributed by atoms with Crippen molar-refractivity contribution in [1.82, 2.24) is 9.88 Å². The van der Waals surface area contributed by atoms with Gasteiger partial charge in [-0.2, -0.15) is 0 Å². The summed E-state index contributed by atoms with van der Waals surface area (Å²) in [6, 6.07) is 9.46. The first-order valence-electron chi connectivity index (χ1n) is 7.16. The van der Waals surface area contributed by atoms with E-state index >= 15 is 0 Å². The van der Waals surface area contributed by atoms with Gasteiger partial charge in [0.15, 0.2) is 6.61 Å². The number of nitrogens with zero attached hydrogens (tertiary/aromatic N) is 2. The minimum Gasteiger partial charge on any atom is -0.483 e. The number of aliphatic hydroxyl groups is 1. The van der Waals surface area contributed by atoms with Crippen molar-refractivity contribution in [3.05, 3.63) is 36.5 Å². The molecule has 21 heavy (non-hydrogen) atoms. The number of hydrogen-bond donors (Lipinski definition) is 1. The first-order valence-corrected chi connectivity index (χ1v) is 7.16. The Morgan fingerprint density at radius 2 is 2.05 bits per heavy atom. The molecule has 1 saturated heterocycles. The number of para-hydroxylation sites is 1. The quantitative estimate of drug-likeness (QED) is 0.931. The molecule has 0 saturated carbocycles. The maximum absolute atomic E-state index is 12.1. The van der Waals surface area contributed by atoms with Crippen LogP contribution in [0.25, 0.3) is 10.9 Å². The Hall–Kier alpha value is -2.14. The number of carbonyl (C=O) groups excluding carboxylic acids is 1. The Kier molecular flexibility index (Phi) is 4.01. The molecule has 5 heteroatoms. The molecule has 1 fully saturated rings. The molecule has 0 unspecified atom stereocenters. The first-order chi connectivity index (χ1) is 10.2. The molecular weight excluding hydrogens is 268 g/mol. The van der Waals surface area contributed by atoms with E-state index in [1.54, 1.807) is 17.2 Å². The Bertz CT molecular complexity index is 631. The van der Waals surface area contributed by atoms with Crippen LogP contribution in [0.1, 0.15) is 12.8 Å². The molecule has 0 radical (unpaired) electrons. The van der Waals surface area contributed by atoms with E-state index in [0.29, 0.717) is 31.7 Å². The van der Waals surface area contributed by atoms with Crippen molar-refractivity contribution in [2.24, 2.45) is 0 Å². The molecule has 1 aromatic carbocycles. The zero-order valence-corrected chi connectivity index (χ0v) is 11.7. The molecule has 1 aliphatic heterocycles. The van der Waals surface area contributed by atoms with Gasteiger partial charge >= 0.3 is 0 Å². The highest BCUT2D eigenvalue weighted by Gasteiger charge is 2.21. The van der Waals surface area contributed by atoms with Crippen molar-refractivity contribution in [1.29, 1.82) is 0 Å². The topological polar surface area (TPSA) is 62.7 Å². The summed E-state index contributed by atoms with van der Waals surface area (Å²) < 4.78 is 5.67. The summed E-state index contributed by atoms with van der Waals surface area (Å²) in [5.41, 5.74) is 0.851. The lowest BCUT2D eigenvalue weighted by atomic mass is 10.1. The lowest BCUT2D eigenvalue weighted by molar-refractivity contribution is -0.135. The fourth-order valence-corrected chi connectivity index (χ4v) is 2.54. The fraction of sp³-hybridized carbons (Fsp3) is 0.375. The second-order valence-electron chi connectivity index (χ2n) is 5.23. The molecule has 0 atom stereocenters. The van der Waals surface area contributed by atoms with Crippen LogP contribution in [-0.4, -0.2) is 46.7 Å². The highest BCUT2D eigenvalue weighted by Crippen LogP contribution is 2.23. The highest BCUT2D eigenvalue weighted by molar-refractivity contribution is 5.85. The van der Waals surface area contributed by atoms with E-state index < -0.39 is 0 Å². The predicted molar refractivity (Wildman–Crippen MR) is 79.1 cm³/mol. The van der Waals surface area contributed by atoms with E-state index in [-0.39, 0.29) is 18.6 Å². The molecule has 1 aromatic heterocycles. The van der Waals surface area contributed by atoms with E-state index in [1.807, 2.05) is 24.3 Å². The summed E-state index contributed by atoms with van der Waals surface area (Å²) in [5, 5.41) is 10.4. The molecule has 0 spiro atoms. The third kappa shape index (κ3) is 3.13. The number of amides is 1. The number of piperidine rings is 1. The summed E-state index contributed by atoms with van der Waals surface area (Å²) in [6.45, 7) is 1.21. The van der Waals surface area contributed by atoms with Crippen molar-refractivity contribution in [3.63, 3.8) is 0 Å². The Morgan fingerprint density at radius 3 is 2.86 bits per heavy atom. The van der Waals surface area contributed by atoms with E-state index in [9.17, 15) is 9.90 Å². The van der Waals surface area contributed by atoms with Crippen LogP contribution in [0.4, 0.5) is 0 Å². The highest BCUT2D eigenvalue weighted by atomic mass is 16.5. The predicted octanol–water partition coefficient (Wildman–Crippen LogP) is 1.60. The van der Waals surface area contributed by atoms with Crippen molar-refractivity contribution in [2.45, 2.75) is 18.9 Å². The molecule has 2 aromatic rings. The van der Waals surface area contributed by atoms with E-state index in [2.05, 4.69) is 4.98 Å². The van der Waals surface area contributed by atoms with Gasteiger partial charge in [0, 0.05) is 24.7 Å². The van der Waals surface area contributed by atoms with Crippen LogP contribution in [-0.2, 0) is 4.79 Å². The molecule has 0 bridgehead atoms. The van der Waals surface area contributed by atoms with E-state index in [1.165, 1.54) is 0 Å². The van der Waals surface area contributed by atoms with Gasteiger partial charge < -0.3 is 14.7 Å². The van der Waals surface area contributed by atoms with Gasteiger partial charge in [0.25, 0.3) is 5.91 Å². The van der Waals surface area contributed by atoms with Gasteiger partial charge in [-0.1, -0.05) is 12.1 Å². The van der Waals surface area contributed by atoms with Crippen LogP contribution in [0.3, 0.4) is 0 Å². The number of aromatic nitrogens is 1. The number of carbonyl (C=O) groups is 1. The average molecular weight is 286 g/mol. The number of aliphatic hydroxyl groups excluding tert-OH is 1. The number of ether oxygens (including phenoxy) is 1. The summed E-state index contributed by atoms with van der Waals surface area (Å²) in [6.07, 6.45) is 2.69. The first kappa shape index (κ1) is 13.8. The number of benzene rings is 1. The molecule has 1 amide bonds. The molecule has 5 nitrogen and oxygen atoms in total. The smallest absolute Gasteiger partial charge is 0.260 e. The number of pyridine rings is 1. The van der Waals surface area contributed by atoms with Crippen LogP contribution in [0.15, 0.2) is 36.5 Å². The molecular formula is C16H18N2O3. The molecule has 0 aliphatic carbocycles. The van der Waals surface area contributed by atoms with Crippen molar-refractivity contribution < 1.29 is 14.6 Å². The van der Waals surface area contributed by atoms with Crippen molar-refractivity contribution >= 4 is 16.8 Å². The van der Waals surface area contributed by atoms with Crippen LogP contribution in [0, 0.1) is 0 Å². The zero-order chi connectivity index (χ0) is 14.7. The van der Waals surface area contributed by atoms with Gasteiger partial charge in [-0.3, -0.25) is 9.78 Å². The average Bonchev–Trinajstić information content (AvgIpc) is 2.53. The third-order valence-electron chi connectivity index (χ3n) is 3.78. The number of likely N-dealkylation sites (tertiary alicyclic amines) is 1. The van der Waals surface area contributed by atoms with Gasteiger partial charge in [0.1, 0.15) is 5.75 Å². The van der Waals surface area contributed by atoms with Crippen LogP contribution in [0.5, 0.6) is 5.75 Å². The molecule has 110 valence electrons. The minimum absolute atomic E-state index is 0.0180. The van der Waals surface area contributed by atoms with E-state index in [4.69, 9.17) is 4.74 Å². The Labute approximate surface area is 123 Å². The van der Waals surface area contributed by atoms with Gasteiger partial charge in [-0.15, -0.1) is 0 Å². The maximum Gasteiger partial charge on any atom is 0.260 e. The zero-order valence-electron chi connectivity index (χ0n) is 11.7. The second-order valence-corrected chi connectivity index (χ2v) is 5.23. The minimum atomic E-state index is -0.279. The SMILES string of the molecule is O=C(COc1ccnc2ccccc12)N1CCC(O)CC1. The Morgan fingerprint density at radius 1 is 1.29 bits per heavy atom. The monoisotopic (exact) mass is 286 g/mol.